The summed E-state index contributed by atoms with van der Waals surface area (Å²) in [6.07, 6.45) is -0.597. The number of aliphatic carboxylic acids is 1. The number of carbonyl (C=O) groups is 4. The Morgan fingerprint density at radius 3 is 2.65 bits per heavy atom. The van der Waals surface area contributed by atoms with Crippen molar-refractivity contribution in [1.29, 1.82) is 0 Å². The Hall–Kier alpha value is -2.12. The molecule has 0 unspecified atom stereocenters. The van der Waals surface area contributed by atoms with Crippen LogP contribution < -0.4 is 10.6 Å². The molecule has 94 valence electrons. The second-order valence-corrected chi connectivity index (χ2v) is 3.52. The third kappa shape index (κ3) is 4.49. The first-order chi connectivity index (χ1) is 7.99. The highest BCUT2D eigenvalue weighted by Gasteiger charge is 2.22. The van der Waals surface area contributed by atoms with Gasteiger partial charge in [-0.05, 0) is 0 Å². The Labute approximate surface area is 97.0 Å². The lowest BCUT2D eigenvalue weighted by atomic mass is 10.3. The monoisotopic (exact) mass is 243 g/mol. The number of hydrogen-bond donors (Lipinski definition) is 3. The van der Waals surface area contributed by atoms with Crippen molar-refractivity contribution in [3.8, 4) is 0 Å². The molecule has 1 heterocycles. The summed E-state index contributed by atoms with van der Waals surface area (Å²) in [6, 6.07) is -0.671. The fraction of sp³-hybridized carbons (Fsp3) is 0.556. The van der Waals surface area contributed by atoms with Crippen molar-refractivity contribution >= 4 is 23.8 Å². The van der Waals surface area contributed by atoms with Gasteiger partial charge in [0.2, 0.25) is 11.8 Å². The van der Waals surface area contributed by atoms with Crippen LogP contribution in [-0.2, 0) is 14.4 Å². The van der Waals surface area contributed by atoms with E-state index >= 15 is 0 Å². The summed E-state index contributed by atoms with van der Waals surface area (Å²) in [4.78, 5) is 45.0. The van der Waals surface area contributed by atoms with Crippen molar-refractivity contribution < 1.29 is 24.3 Å². The minimum absolute atomic E-state index is 0.0992. The largest absolute Gasteiger partial charge is 0.481 e. The Morgan fingerprint density at radius 2 is 2.06 bits per heavy atom. The van der Waals surface area contributed by atoms with Crippen molar-refractivity contribution in [2.45, 2.75) is 12.8 Å². The summed E-state index contributed by atoms with van der Waals surface area (Å²) in [6.45, 7) is 0.567. The van der Waals surface area contributed by atoms with Crippen LogP contribution in [0.3, 0.4) is 0 Å². The highest BCUT2D eigenvalue weighted by atomic mass is 16.4. The molecule has 1 aliphatic heterocycles. The van der Waals surface area contributed by atoms with Crippen LogP contribution in [0, 0.1) is 0 Å². The molecule has 1 fully saturated rings. The van der Waals surface area contributed by atoms with E-state index in [0.717, 1.165) is 0 Å². The Bertz CT molecular complexity index is 355. The molecule has 0 radical (unpaired) electrons. The first kappa shape index (κ1) is 12.9. The maximum absolute atomic E-state index is 11.5. The van der Waals surface area contributed by atoms with Gasteiger partial charge in [0.05, 0.1) is 6.42 Å². The standard InChI is InChI=1S/C9H13N3O5/c13-6(1-2-8(15)16)11-9(17)12-4-3-10-7(14)5-12/h1-5H2,(H,10,14)(H,15,16)(H,11,13,17). The van der Waals surface area contributed by atoms with E-state index in [9.17, 15) is 19.2 Å². The molecule has 1 rings (SSSR count). The first-order valence-electron chi connectivity index (χ1n) is 5.06. The highest BCUT2D eigenvalue weighted by molar-refractivity contribution is 5.96. The zero-order chi connectivity index (χ0) is 12.8. The molecule has 0 aliphatic carbocycles. The van der Waals surface area contributed by atoms with Gasteiger partial charge in [0.1, 0.15) is 6.54 Å². The smallest absolute Gasteiger partial charge is 0.324 e. The van der Waals surface area contributed by atoms with E-state index in [2.05, 4.69) is 5.32 Å². The van der Waals surface area contributed by atoms with Gasteiger partial charge in [-0.25, -0.2) is 4.79 Å². The van der Waals surface area contributed by atoms with E-state index in [4.69, 9.17) is 5.11 Å². The van der Waals surface area contributed by atoms with Crippen molar-refractivity contribution in [1.82, 2.24) is 15.5 Å². The number of imide groups is 1. The number of piperazine rings is 1. The normalized spacial score (nSPS) is 15.1. The number of carboxylic acids is 1. The Balaban J connectivity index is 2.35. The quantitative estimate of drug-likeness (QED) is 0.559. The third-order valence-electron chi connectivity index (χ3n) is 2.14. The van der Waals surface area contributed by atoms with Crippen LogP contribution in [0.1, 0.15) is 12.8 Å². The molecule has 0 bridgehead atoms. The van der Waals surface area contributed by atoms with Gasteiger partial charge >= 0.3 is 12.0 Å². The zero-order valence-electron chi connectivity index (χ0n) is 9.06. The Kier molecular flexibility index (Phi) is 4.44. The van der Waals surface area contributed by atoms with Gasteiger partial charge in [-0.15, -0.1) is 0 Å². The highest BCUT2D eigenvalue weighted by Crippen LogP contribution is 1.95. The minimum atomic E-state index is -1.11. The molecule has 4 amide bonds. The number of carbonyl (C=O) groups excluding carboxylic acids is 3. The molecule has 0 aromatic rings. The van der Waals surface area contributed by atoms with Gasteiger partial charge in [-0.3, -0.25) is 19.7 Å². The number of urea groups is 1. The molecular weight excluding hydrogens is 230 g/mol. The molecule has 0 atom stereocenters. The number of hydrogen-bond acceptors (Lipinski definition) is 4. The van der Waals surface area contributed by atoms with Gasteiger partial charge < -0.3 is 15.3 Å². The number of carboxylic acid groups (broad SMARTS) is 1. The van der Waals surface area contributed by atoms with Gasteiger partial charge in [-0.2, -0.15) is 0 Å². The molecular formula is C9H13N3O5. The molecule has 1 saturated heterocycles. The SMILES string of the molecule is O=C(O)CCC(=O)NC(=O)N1CCNC(=O)C1. The van der Waals surface area contributed by atoms with Gasteiger partial charge in [-0.1, -0.05) is 0 Å². The predicted molar refractivity (Wildman–Crippen MR) is 55.0 cm³/mol. The molecule has 3 N–H and O–H groups in total. The van der Waals surface area contributed by atoms with Gasteiger partial charge in [0, 0.05) is 19.5 Å². The molecule has 0 saturated carbocycles. The maximum atomic E-state index is 11.5. The van der Waals surface area contributed by atoms with E-state index in [1.165, 1.54) is 4.90 Å². The average Bonchev–Trinajstić information content (AvgIpc) is 2.26. The van der Waals surface area contributed by atoms with Gasteiger partial charge in [0.25, 0.3) is 0 Å². The van der Waals surface area contributed by atoms with Crippen LogP contribution in [0.4, 0.5) is 4.79 Å². The van der Waals surface area contributed by atoms with Crippen molar-refractivity contribution in [3.05, 3.63) is 0 Å². The molecule has 1 aliphatic rings. The fourth-order valence-corrected chi connectivity index (χ4v) is 1.29. The third-order valence-corrected chi connectivity index (χ3v) is 2.14. The lowest BCUT2D eigenvalue weighted by Gasteiger charge is -2.26. The van der Waals surface area contributed by atoms with Crippen molar-refractivity contribution in [3.63, 3.8) is 0 Å². The number of rotatable bonds is 3. The zero-order valence-corrected chi connectivity index (χ0v) is 9.06. The van der Waals surface area contributed by atoms with Crippen LogP contribution in [0.5, 0.6) is 0 Å². The summed E-state index contributed by atoms with van der Waals surface area (Å²) < 4.78 is 0. The van der Waals surface area contributed by atoms with Crippen LogP contribution in [0.15, 0.2) is 0 Å². The number of nitrogens with one attached hydrogen (secondary N) is 2. The molecule has 0 aromatic carbocycles. The second-order valence-electron chi connectivity index (χ2n) is 3.52. The van der Waals surface area contributed by atoms with E-state index in [-0.39, 0.29) is 25.3 Å². The summed E-state index contributed by atoms with van der Waals surface area (Å²) in [5.41, 5.74) is 0. The van der Waals surface area contributed by atoms with E-state index in [1.807, 2.05) is 5.32 Å². The van der Waals surface area contributed by atoms with Gasteiger partial charge in [0.15, 0.2) is 0 Å². The van der Waals surface area contributed by atoms with E-state index in [1.54, 1.807) is 0 Å². The first-order valence-corrected chi connectivity index (χ1v) is 5.06. The summed E-state index contributed by atoms with van der Waals surface area (Å²) >= 11 is 0. The Morgan fingerprint density at radius 1 is 1.35 bits per heavy atom. The van der Waals surface area contributed by atoms with Crippen LogP contribution in [-0.4, -0.2) is 53.5 Å². The minimum Gasteiger partial charge on any atom is -0.481 e. The summed E-state index contributed by atoms with van der Waals surface area (Å²) in [5, 5.41) is 12.9. The molecule has 8 nitrogen and oxygen atoms in total. The fourth-order valence-electron chi connectivity index (χ4n) is 1.29. The lowest BCUT2D eigenvalue weighted by Crippen LogP contribution is -2.53. The summed E-state index contributed by atoms with van der Waals surface area (Å²) in [7, 11) is 0. The van der Waals surface area contributed by atoms with E-state index < -0.39 is 17.9 Å². The maximum Gasteiger partial charge on any atom is 0.324 e. The lowest BCUT2D eigenvalue weighted by molar-refractivity contribution is -0.138. The van der Waals surface area contributed by atoms with Crippen LogP contribution in [0.25, 0.3) is 0 Å². The topological polar surface area (TPSA) is 116 Å². The number of amides is 4. The van der Waals surface area contributed by atoms with Crippen LogP contribution >= 0.6 is 0 Å². The van der Waals surface area contributed by atoms with Crippen molar-refractivity contribution in [2.75, 3.05) is 19.6 Å². The molecule has 0 spiro atoms. The second kappa shape index (κ2) is 5.83. The number of nitrogens with zero attached hydrogens (tertiary/aromatic N) is 1. The van der Waals surface area contributed by atoms with Crippen LogP contribution in [0.2, 0.25) is 0 Å². The molecule has 8 heteroatoms. The summed E-state index contributed by atoms with van der Waals surface area (Å²) in [5.74, 6) is -2.06. The predicted octanol–water partition coefficient (Wildman–Crippen LogP) is -1.48. The molecule has 0 aromatic heterocycles. The van der Waals surface area contributed by atoms with Crippen molar-refractivity contribution in [2.24, 2.45) is 0 Å². The average molecular weight is 243 g/mol. The molecule has 17 heavy (non-hydrogen) atoms. The van der Waals surface area contributed by atoms with E-state index in [0.29, 0.717) is 13.1 Å².